The Labute approximate surface area is 175 Å². The zero-order chi connectivity index (χ0) is 21.4. The molecule has 7 heteroatoms. The third-order valence-corrected chi connectivity index (χ3v) is 5.80. The summed E-state index contributed by atoms with van der Waals surface area (Å²) in [4.78, 5) is 37.9. The van der Waals surface area contributed by atoms with Gasteiger partial charge in [-0.1, -0.05) is 44.2 Å². The molecule has 1 heterocycles. The fourth-order valence-corrected chi connectivity index (χ4v) is 4.00. The number of hydrogen-bond acceptors (Lipinski definition) is 6. The molecule has 0 radical (unpaired) electrons. The molecular formula is C22H27NO5S. The molecule has 2 rings (SSSR count). The highest BCUT2D eigenvalue weighted by molar-refractivity contribution is 7.18. The fraction of sp³-hybridized carbons (Fsp3) is 0.409. The molecule has 0 aliphatic heterocycles. The number of amides is 1. The van der Waals surface area contributed by atoms with E-state index in [0.717, 1.165) is 16.9 Å². The minimum atomic E-state index is -0.566. The van der Waals surface area contributed by atoms with Crippen LogP contribution in [0.5, 0.6) is 0 Å². The first-order chi connectivity index (χ1) is 13.9. The van der Waals surface area contributed by atoms with Crippen molar-refractivity contribution < 1.29 is 23.9 Å². The molecule has 1 aromatic heterocycles. The number of carbonyl (C=O) groups excluding carboxylic acids is 3. The van der Waals surface area contributed by atoms with Crippen molar-refractivity contribution in [1.82, 2.24) is 0 Å². The Morgan fingerprint density at radius 3 is 2.24 bits per heavy atom. The van der Waals surface area contributed by atoms with Crippen LogP contribution in [-0.2, 0) is 20.9 Å². The summed E-state index contributed by atoms with van der Waals surface area (Å²) in [5, 5.41) is 3.14. The topological polar surface area (TPSA) is 81.7 Å². The third-order valence-electron chi connectivity index (χ3n) is 4.62. The predicted octanol–water partition coefficient (Wildman–Crippen LogP) is 4.96. The normalized spacial score (nSPS) is 10.7. The van der Waals surface area contributed by atoms with Crippen molar-refractivity contribution >= 4 is 34.2 Å². The van der Waals surface area contributed by atoms with Gasteiger partial charge in [-0.05, 0) is 37.8 Å². The highest BCUT2D eigenvalue weighted by Crippen LogP contribution is 2.35. The lowest BCUT2D eigenvalue weighted by atomic mass is 10.0. The maximum Gasteiger partial charge on any atom is 0.349 e. The molecule has 0 fully saturated rings. The third kappa shape index (κ3) is 5.67. The van der Waals surface area contributed by atoms with E-state index in [0.29, 0.717) is 23.4 Å². The van der Waals surface area contributed by atoms with Gasteiger partial charge in [0.15, 0.2) is 0 Å². The summed E-state index contributed by atoms with van der Waals surface area (Å²) in [7, 11) is 0. The van der Waals surface area contributed by atoms with Gasteiger partial charge in [-0.15, -0.1) is 11.3 Å². The summed E-state index contributed by atoms with van der Waals surface area (Å²) < 4.78 is 10.5. The molecule has 0 unspecified atom stereocenters. The number of rotatable bonds is 9. The van der Waals surface area contributed by atoms with E-state index in [2.05, 4.69) is 5.32 Å². The Morgan fingerprint density at radius 1 is 1.00 bits per heavy atom. The second-order valence-electron chi connectivity index (χ2n) is 6.55. The minimum absolute atomic E-state index is 0.126. The maximum absolute atomic E-state index is 12.6. The number of hydrogen-bond donors (Lipinski definition) is 1. The quantitative estimate of drug-likeness (QED) is 0.583. The molecule has 0 spiro atoms. The van der Waals surface area contributed by atoms with Gasteiger partial charge >= 0.3 is 11.9 Å². The lowest BCUT2D eigenvalue weighted by Crippen LogP contribution is -2.22. The van der Waals surface area contributed by atoms with E-state index in [4.69, 9.17) is 9.47 Å². The number of anilines is 1. The first kappa shape index (κ1) is 22.6. The van der Waals surface area contributed by atoms with Gasteiger partial charge in [0.05, 0.1) is 12.2 Å². The van der Waals surface area contributed by atoms with Crippen molar-refractivity contribution in [1.29, 1.82) is 0 Å². The van der Waals surface area contributed by atoms with Crippen molar-refractivity contribution in [3.63, 3.8) is 0 Å². The average molecular weight is 418 g/mol. The lowest BCUT2D eigenvalue weighted by molar-refractivity contribution is -0.120. The van der Waals surface area contributed by atoms with Gasteiger partial charge in [0.2, 0.25) is 5.91 Å². The summed E-state index contributed by atoms with van der Waals surface area (Å²) in [6.45, 7) is 7.56. The maximum atomic E-state index is 12.6. The van der Waals surface area contributed by atoms with Crippen molar-refractivity contribution in [3.05, 3.63) is 51.9 Å². The Bertz CT molecular complexity index is 856. The summed E-state index contributed by atoms with van der Waals surface area (Å²) in [5.41, 5.74) is 1.53. The van der Waals surface area contributed by atoms with Crippen LogP contribution in [-0.4, -0.2) is 24.5 Å². The molecule has 156 valence electrons. The standard InChI is InChI=1S/C22H27NO5S/c1-5-16(6-2)19(24)23-20-17(21(25)27-7-3)14(4)18(29-20)22(26)28-13-15-11-9-8-10-12-15/h8-12,16H,5-7,13H2,1-4H3,(H,23,24). The van der Waals surface area contributed by atoms with Gasteiger partial charge in [0.1, 0.15) is 16.5 Å². The van der Waals surface area contributed by atoms with Crippen LogP contribution >= 0.6 is 11.3 Å². The number of benzene rings is 1. The van der Waals surface area contributed by atoms with Gasteiger partial charge in [0.25, 0.3) is 0 Å². The van der Waals surface area contributed by atoms with Gasteiger partial charge in [-0.2, -0.15) is 0 Å². The van der Waals surface area contributed by atoms with E-state index in [1.807, 2.05) is 44.2 Å². The van der Waals surface area contributed by atoms with Crippen molar-refractivity contribution in [2.45, 2.75) is 47.1 Å². The van der Waals surface area contributed by atoms with Gasteiger partial charge in [0, 0.05) is 5.92 Å². The smallest absolute Gasteiger partial charge is 0.349 e. The fourth-order valence-electron chi connectivity index (χ4n) is 2.91. The Hall–Kier alpha value is -2.67. The van der Waals surface area contributed by atoms with Crippen molar-refractivity contribution in [2.75, 3.05) is 11.9 Å². The van der Waals surface area contributed by atoms with Crippen LogP contribution < -0.4 is 5.32 Å². The van der Waals surface area contributed by atoms with E-state index in [1.165, 1.54) is 0 Å². The van der Waals surface area contributed by atoms with Crippen molar-refractivity contribution in [3.8, 4) is 0 Å². The molecule has 0 bridgehead atoms. The second-order valence-corrected chi connectivity index (χ2v) is 7.57. The monoisotopic (exact) mass is 417 g/mol. The minimum Gasteiger partial charge on any atom is -0.462 e. The Balaban J connectivity index is 2.29. The van der Waals surface area contributed by atoms with Gasteiger partial charge in [-0.3, -0.25) is 4.79 Å². The summed E-state index contributed by atoms with van der Waals surface area (Å²) in [5.74, 6) is -1.44. The van der Waals surface area contributed by atoms with Crippen LogP contribution in [0.3, 0.4) is 0 Å². The molecule has 0 saturated heterocycles. The summed E-state index contributed by atoms with van der Waals surface area (Å²) in [6, 6.07) is 9.34. The molecule has 0 aliphatic carbocycles. The van der Waals surface area contributed by atoms with Gasteiger partial charge < -0.3 is 14.8 Å². The summed E-state index contributed by atoms with van der Waals surface area (Å²) >= 11 is 1.04. The van der Waals surface area contributed by atoms with E-state index in [1.54, 1.807) is 13.8 Å². The molecule has 0 atom stereocenters. The van der Waals surface area contributed by atoms with E-state index in [-0.39, 0.29) is 35.5 Å². The molecule has 0 saturated carbocycles. The van der Waals surface area contributed by atoms with Crippen LogP contribution in [0, 0.1) is 12.8 Å². The number of carbonyl (C=O) groups is 3. The van der Waals surface area contributed by atoms with Crippen LogP contribution in [0.25, 0.3) is 0 Å². The number of nitrogens with one attached hydrogen (secondary N) is 1. The molecule has 1 aromatic carbocycles. The SMILES string of the molecule is CCOC(=O)c1c(NC(=O)C(CC)CC)sc(C(=O)OCc2ccccc2)c1C. The van der Waals surface area contributed by atoms with Crippen LogP contribution in [0.2, 0.25) is 0 Å². The molecule has 29 heavy (non-hydrogen) atoms. The average Bonchev–Trinajstić information content (AvgIpc) is 3.04. The molecule has 1 amide bonds. The molecule has 0 aliphatic rings. The predicted molar refractivity (Wildman–Crippen MR) is 113 cm³/mol. The number of thiophene rings is 1. The number of esters is 2. The Kier molecular flexibility index (Phi) is 8.39. The highest BCUT2D eigenvalue weighted by Gasteiger charge is 2.28. The lowest BCUT2D eigenvalue weighted by Gasteiger charge is -2.12. The van der Waals surface area contributed by atoms with Crippen LogP contribution in [0.1, 0.15) is 64.8 Å². The van der Waals surface area contributed by atoms with Gasteiger partial charge in [-0.25, -0.2) is 9.59 Å². The van der Waals surface area contributed by atoms with Crippen molar-refractivity contribution in [2.24, 2.45) is 5.92 Å². The summed E-state index contributed by atoms with van der Waals surface area (Å²) in [6.07, 6.45) is 1.38. The van der Waals surface area contributed by atoms with E-state index in [9.17, 15) is 14.4 Å². The zero-order valence-electron chi connectivity index (χ0n) is 17.2. The van der Waals surface area contributed by atoms with Crippen LogP contribution in [0.15, 0.2) is 30.3 Å². The largest absolute Gasteiger partial charge is 0.462 e. The molecular weight excluding hydrogens is 390 g/mol. The zero-order valence-corrected chi connectivity index (χ0v) is 18.1. The molecule has 2 aromatic rings. The Morgan fingerprint density at radius 2 is 1.66 bits per heavy atom. The first-order valence-corrected chi connectivity index (χ1v) is 10.6. The number of ether oxygens (including phenoxy) is 2. The molecule has 1 N–H and O–H groups in total. The second kappa shape index (κ2) is 10.8. The van der Waals surface area contributed by atoms with Crippen LogP contribution in [0.4, 0.5) is 5.00 Å². The van der Waals surface area contributed by atoms with E-state index >= 15 is 0 Å². The first-order valence-electron chi connectivity index (χ1n) is 9.75. The van der Waals surface area contributed by atoms with E-state index < -0.39 is 11.9 Å². The highest BCUT2D eigenvalue weighted by atomic mass is 32.1. The molecule has 6 nitrogen and oxygen atoms in total.